The van der Waals surface area contributed by atoms with Gasteiger partial charge in [-0.15, -0.1) is 11.3 Å². The van der Waals surface area contributed by atoms with Gasteiger partial charge in [0.2, 0.25) is 10.0 Å². The van der Waals surface area contributed by atoms with E-state index in [4.69, 9.17) is 11.6 Å². The molecule has 3 aromatic rings. The summed E-state index contributed by atoms with van der Waals surface area (Å²) in [5.74, 6) is 0. The van der Waals surface area contributed by atoms with Crippen molar-refractivity contribution in [2.24, 2.45) is 0 Å². The first-order chi connectivity index (χ1) is 11.5. The zero-order chi connectivity index (χ0) is 17.2. The number of hydrogen-bond acceptors (Lipinski definition) is 4. The monoisotopic (exact) mass is 378 g/mol. The van der Waals surface area contributed by atoms with Crippen LogP contribution in [0.2, 0.25) is 5.02 Å². The molecule has 0 amide bonds. The zero-order valence-corrected chi connectivity index (χ0v) is 15.3. The summed E-state index contributed by atoms with van der Waals surface area (Å²) in [7, 11) is -3.62. The highest BCUT2D eigenvalue weighted by Gasteiger charge is 2.15. The van der Waals surface area contributed by atoms with Crippen LogP contribution >= 0.6 is 22.9 Å². The normalized spacial score (nSPS) is 11.6. The van der Waals surface area contributed by atoms with Crippen LogP contribution in [0.3, 0.4) is 0 Å². The Hall–Kier alpha value is -1.73. The van der Waals surface area contributed by atoms with Crippen molar-refractivity contribution in [3.8, 4) is 10.4 Å². The number of nitrogens with one attached hydrogen (secondary N) is 1. The molecule has 0 bridgehead atoms. The van der Waals surface area contributed by atoms with E-state index in [-0.39, 0.29) is 11.4 Å². The molecule has 0 atom stereocenters. The lowest BCUT2D eigenvalue weighted by Gasteiger charge is -2.09. The number of hydrogen-bond donors (Lipinski definition) is 1. The van der Waals surface area contributed by atoms with E-state index in [0.29, 0.717) is 5.02 Å². The SMILES string of the molecule is Cc1ccc(S(=O)(=O)NCc2cncc(-c3cccs3)c2)cc1Cl. The van der Waals surface area contributed by atoms with Gasteiger partial charge in [0.1, 0.15) is 0 Å². The number of nitrogens with zero attached hydrogens (tertiary/aromatic N) is 1. The number of aromatic nitrogens is 1. The molecular formula is C17H15ClN2O2S2. The first kappa shape index (κ1) is 17.1. The van der Waals surface area contributed by atoms with Crippen molar-refractivity contribution in [1.29, 1.82) is 0 Å². The number of halogens is 1. The summed E-state index contributed by atoms with van der Waals surface area (Å²) in [5, 5.41) is 2.42. The largest absolute Gasteiger partial charge is 0.264 e. The molecule has 0 saturated heterocycles. The first-order valence-electron chi connectivity index (χ1n) is 7.19. The van der Waals surface area contributed by atoms with E-state index in [1.165, 1.54) is 6.07 Å². The molecule has 0 aliphatic heterocycles. The fourth-order valence-electron chi connectivity index (χ4n) is 2.16. The number of thiophene rings is 1. The molecule has 3 rings (SSSR count). The fraction of sp³-hybridized carbons (Fsp3) is 0.118. The molecule has 24 heavy (non-hydrogen) atoms. The molecule has 0 aliphatic rings. The Bertz CT molecular complexity index is 954. The molecule has 0 radical (unpaired) electrons. The minimum absolute atomic E-state index is 0.153. The van der Waals surface area contributed by atoms with Gasteiger partial charge >= 0.3 is 0 Å². The highest BCUT2D eigenvalue weighted by atomic mass is 35.5. The Morgan fingerprint density at radius 2 is 2.04 bits per heavy atom. The maximum Gasteiger partial charge on any atom is 0.240 e. The highest BCUT2D eigenvalue weighted by Crippen LogP contribution is 2.24. The summed E-state index contributed by atoms with van der Waals surface area (Å²) in [6, 6.07) is 10.6. The number of pyridine rings is 1. The predicted octanol–water partition coefficient (Wildman–Crippen LogP) is 4.25. The number of aryl methyl sites for hydroxylation is 1. The van der Waals surface area contributed by atoms with Gasteiger partial charge in [0.05, 0.1) is 4.90 Å². The maximum atomic E-state index is 12.4. The van der Waals surface area contributed by atoms with Crippen LogP contribution in [0.15, 0.2) is 59.1 Å². The number of benzene rings is 1. The Kier molecular flexibility index (Phi) is 5.01. The second-order valence-electron chi connectivity index (χ2n) is 5.29. The second kappa shape index (κ2) is 7.03. The van der Waals surface area contributed by atoms with Crippen molar-refractivity contribution < 1.29 is 8.42 Å². The zero-order valence-electron chi connectivity index (χ0n) is 12.9. The van der Waals surface area contributed by atoms with Crippen molar-refractivity contribution >= 4 is 33.0 Å². The van der Waals surface area contributed by atoms with E-state index in [1.54, 1.807) is 35.9 Å². The van der Waals surface area contributed by atoms with Crippen LogP contribution in [0.4, 0.5) is 0 Å². The van der Waals surface area contributed by atoms with Crippen molar-refractivity contribution in [2.45, 2.75) is 18.4 Å². The van der Waals surface area contributed by atoms with Crippen LogP contribution in [0.5, 0.6) is 0 Å². The highest BCUT2D eigenvalue weighted by molar-refractivity contribution is 7.89. The Labute approximate surface area is 150 Å². The fourth-order valence-corrected chi connectivity index (χ4v) is 4.16. The van der Waals surface area contributed by atoms with E-state index in [9.17, 15) is 8.42 Å². The van der Waals surface area contributed by atoms with Crippen molar-refractivity contribution in [3.05, 3.63) is 70.3 Å². The van der Waals surface area contributed by atoms with Crippen LogP contribution in [-0.2, 0) is 16.6 Å². The van der Waals surface area contributed by atoms with Crippen LogP contribution < -0.4 is 4.72 Å². The van der Waals surface area contributed by atoms with Crippen LogP contribution in [0, 0.1) is 6.92 Å². The standard InChI is InChI=1S/C17H15ClN2O2S2/c1-12-4-5-15(8-16(12)18)24(21,22)20-10-13-7-14(11-19-9-13)17-3-2-6-23-17/h2-9,11,20H,10H2,1H3. The van der Waals surface area contributed by atoms with Gasteiger partial charge in [0.25, 0.3) is 0 Å². The molecule has 0 saturated carbocycles. The quantitative estimate of drug-likeness (QED) is 0.722. The Morgan fingerprint density at radius 1 is 1.21 bits per heavy atom. The molecule has 4 nitrogen and oxygen atoms in total. The molecule has 0 spiro atoms. The van der Waals surface area contributed by atoms with Gasteiger partial charge in [-0.1, -0.05) is 23.7 Å². The molecule has 0 aliphatic carbocycles. The molecule has 124 valence electrons. The molecule has 2 aromatic heterocycles. The van der Waals surface area contributed by atoms with E-state index < -0.39 is 10.0 Å². The molecule has 7 heteroatoms. The van der Waals surface area contributed by atoms with Gasteiger partial charge in [-0.3, -0.25) is 4.98 Å². The average molecular weight is 379 g/mol. The van der Waals surface area contributed by atoms with E-state index in [2.05, 4.69) is 9.71 Å². The summed E-state index contributed by atoms with van der Waals surface area (Å²) < 4.78 is 27.4. The maximum absolute atomic E-state index is 12.4. The van der Waals surface area contributed by atoms with Gasteiger partial charge < -0.3 is 0 Å². The van der Waals surface area contributed by atoms with E-state index in [1.807, 2.05) is 30.5 Å². The van der Waals surface area contributed by atoms with Crippen molar-refractivity contribution in [3.63, 3.8) is 0 Å². The molecule has 0 fully saturated rings. The van der Waals surface area contributed by atoms with Crippen molar-refractivity contribution in [2.75, 3.05) is 0 Å². The van der Waals surface area contributed by atoms with E-state index in [0.717, 1.165) is 21.6 Å². The van der Waals surface area contributed by atoms with Gasteiger partial charge in [-0.05, 0) is 47.7 Å². The summed E-state index contributed by atoms with van der Waals surface area (Å²) in [5.41, 5.74) is 2.60. The average Bonchev–Trinajstić information content (AvgIpc) is 3.10. The minimum Gasteiger partial charge on any atom is -0.264 e. The first-order valence-corrected chi connectivity index (χ1v) is 9.93. The van der Waals surface area contributed by atoms with Crippen molar-refractivity contribution in [1.82, 2.24) is 9.71 Å². The van der Waals surface area contributed by atoms with Gasteiger partial charge in [0, 0.05) is 34.4 Å². The summed E-state index contributed by atoms with van der Waals surface area (Å²) in [6.07, 6.45) is 3.42. The lowest BCUT2D eigenvalue weighted by molar-refractivity contribution is 0.581. The Morgan fingerprint density at radius 3 is 2.75 bits per heavy atom. The van der Waals surface area contributed by atoms with Gasteiger partial charge in [0.15, 0.2) is 0 Å². The van der Waals surface area contributed by atoms with Gasteiger partial charge in [-0.2, -0.15) is 0 Å². The predicted molar refractivity (Wildman–Crippen MR) is 97.8 cm³/mol. The topological polar surface area (TPSA) is 59.1 Å². The lowest BCUT2D eigenvalue weighted by atomic mass is 10.2. The number of rotatable bonds is 5. The second-order valence-corrected chi connectivity index (χ2v) is 8.42. The Balaban J connectivity index is 1.77. The lowest BCUT2D eigenvalue weighted by Crippen LogP contribution is -2.23. The summed E-state index contributed by atoms with van der Waals surface area (Å²) in [4.78, 5) is 5.44. The van der Waals surface area contributed by atoms with Gasteiger partial charge in [-0.25, -0.2) is 13.1 Å². The molecule has 1 N–H and O–H groups in total. The third-order valence-corrected chi connectivity index (χ3v) is 6.25. The molecular weight excluding hydrogens is 364 g/mol. The summed E-state index contributed by atoms with van der Waals surface area (Å²) >= 11 is 7.63. The number of sulfonamides is 1. The summed E-state index contributed by atoms with van der Waals surface area (Å²) in [6.45, 7) is 1.99. The minimum atomic E-state index is -3.62. The van der Waals surface area contributed by atoms with Crippen LogP contribution in [0.25, 0.3) is 10.4 Å². The smallest absolute Gasteiger partial charge is 0.240 e. The molecule has 2 heterocycles. The van der Waals surface area contributed by atoms with Crippen LogP contribution in [0.1, 0.15) is 11.1 Å². The third kappa shape index (κ3) is 3.84. The van der Waals surface area contributed by atoms with Crippen LogP contribution in [-0.4, -0.2) is 13.4 Å². The molecule has 1 aromatic carbocycles. The molecule has 0 unspecified atom stereocenters. The third-order valence-electron chi connectivity index (χ3n) is 3.52. The van der Waals surface area contributed by atoms with E-state index >= 15 is 0 Å².